The second-order valence-electron chi connectivity index (χ2n) is 9.83. The van der Waals surface area contributed by atoms with Crippen LogP contribution in [0.15, 0.2) is 39.6 Å². The van der Waals surface area contributed by atoms with Crippen molar-refractivity contribution in [2.24, 2.45) is 0 Å². The van der Waals surface area contributed by atoms with Crippen LogP contribution < -0.4 is 10.7 Å². The summed E-state index contributed by atoms with van der Waals surface area (Å²) in [6.07, 6.45) is 0.0653. The number of methoxy groups -OCH3 is 1. The minimum absolute atomic E-state index is 0.0795. The highest BCUT2D eigenvalue weighted by atomic mass is 28.3. The van der Waals surface area contributed by atoms with Crippen molar-refractivity contribution in [3.05, 3.63) is 80.6 Å². The lowest BCUT2D eigenvalue weighted by Gasteiger charge is -2.35. The van der Waals surface area contributed by atoms with Crippen LogP contribution in [0.4, 0.5) is 8.78 Å². The molecule has 1 atom stereocenters. The van der Waals surface area contributed by atoms with E-state index in [1.165, 1.54) is 17.0 Å². The number of hydrogen-bond donors (Lipinski definition) is 1. The van der Waals surface area contributed by atoms with E-state index in [0.29, 0.717) is 23.4 Å². The minimum atomic E-state index is -2.28. The Morgan fingerprint density at radius 2 is 1.89 bits per heavy atom. The lowest BCUT2D eigenvalue weighted by molar-refractivity contribution is -0.123. The van der Waals surface area contributed by atoms with Crippen molar-refractivity contribution in [2.45, 2.75) is 45.1 Å². The van der Waals surface area contributed by atoms with Gasteiger partial charge in [-0.25, -0.2) is 8.78 Å². The van der Waals surface area contributed by atoms with Gasteiger partial charge >= 0.3 is 0 Å². The van der Waals surface area contributed by atoms with Gasteiger partial charge < -0.3 is 14.2 Å². The molecule has 0 spiro atoms. The summed E-state index contributed by atoms with van der Waals surface area (Å²) in [4.78, 5) is 44.2. The number of aromatic amines is 1. The molecule has 3 aromatic rings. The molecular weight excluding hydrogens is 488 g/mol. The Balaban J connectivity index is 1.72. The number of benzene rings is 1. The quantitative estimate of drug-likeness (QED) is 0.485. The summed E-state index contributed by atoms with van der Waals surface area (Å²) < 4.78 is 39.8. The lowest BCUT2D eigenvalue weighted by Crippen LogP contribution is -2.44. The zero-order chi connectivity index (χ0) is 26.2. The molecule has 11 heteroatoms. The average molecular weight is 516 g/mol. The smallest absolute Gasteiger partial charge is 0.293 e. The van der Waals surface area contributed by atoms with Gasteiger partial charge in [0.25, 0.3) is 11.5 Å². The number of ketones is 1. The summed E-state index contributed by atoms with van der Waals surface area (Å²) in [6, 6.07) is 5.73. The molecule has 8 nitrogen and oxygen atoms in total. The SMILES string of the molecule is COCc1ccc2c(n1)CCN(C(=O)c1cc(=O)[nH]o1)[C@H]2C(=O)Cc1cc(F)c([Si](C)(C)C)c(F)c1. The summed E-state index contributed by atoms with van der Waals surface area (Å²) in [5, 5.41) is 2.15. The molecule has 1 N–H and O–H groups in total. The summed E-state index contributed by atoms with van der Waals surface area (Å²) in [7, 11) is -0.738. The van der Waals surface area contributed by atoms with Crippen LogP contribution in [-0.2, 0) is 29.0 Å². The predicted molar refractivity (Wildman–Crippen MR) is 130 cm³/mol. The van der Waals surface area contributed by atoms with Crippen molar-refractivity contribution in [1.82, 2.24) is 15.0 Å². The van der Waals surface area contributed by atoms with Gasteiger partial charge in [0.1, 0.15) is 17.7 Å². The van der Waals surface area contributed by atoms with Crippen LogP contribution in [-0.4, -0.2) is 48.5 Å². The largest absolute Gasteiger partial charge is 0.378 e. The van der Waals surface area contributed by atoms with Crippen molar-refractivity contribution in [3.63, 3.8) is 0 Å². The Morgan fingerprint density at radius 1 is 1.19 bits per heavy atom. The van der Waals surface area contributed by atoms with Crippen LogP contribution in [0.25, 0.3) is 0 Å². The third-order valence-corrected chi connectivity index (χ3v) is 8.06. The monoisotopic (exact) mass is 515 g/mol. The van der Waals surface area contributed by atoms with Gasteiger partial charge in [-0.2, -0.15) is 5.16 Å². The van der Waals surface area contributed by atoms with Crippen molar-refractivity contribution < 1.29 is 27.6 Å². The molecule has 3 heterocycles. The van der Waals surface area contributed by atoms with Gasteiger partial charge in [0.15, 0.2) is 5.78 Å². The topological polar surface area (TPSA) is 106 Å². The number of halogens is 2. The summed E-state index contributed by atoms with van der Waals surface area (Å²) in [5.74, 6) is -2.67. The molecule has 0 fully saturated rings. The molecule has 1 amide bonds. The van der Waals surface area contributed by atoms with Crippen molar-refractivity contribution >= 4 is 25.0 Å². The second-order valence-corrected chi connectivity index (χ2v) is 14.8. The summed E-state index contributed by atoms with van der Waals surface area (Å²) >= 11 is 0. The molecule has 36 heavy (non-hydrogen) atoms. The first-order valence-corrected chi connectivity index (χ1v) is 15.0. The number of carbonyl (C=O) groups excluding carboxylic acids is 2. The normalized spacial score (nSPS) is 15.6. The van der Waals surface area contributed by atoms with E-state index in [0.717, 1.165) is 6.07 Å². The number of rotatable bonds is 7. The average Bonchev–Trinajstić information content (AvgIpc) is 3.22. The standard InChI is InChI=1S/C25H27F2N3O5Si/c1-34-13-15-5-6-16-19(28-15)7-8-30(25(33)21-12-22(32)29-35-21)23(16)20(31)11-14-9-17(26)24(18(27)10-14)36(2,3)4/h5-6,9-10,12,23H,7-8,11,13H2,1-4H3,(H,29,32)/t23-/m1/s1. The molecule has 0 aliphatic carbocycles. The second kappa shape index (κ2) is 9.90. The molecule has 4 rings (SSSR count). The number of aromatic nitrogens is 2. The molecule has 190 valence electrons. The van der Waals surface area contributed by atoms with E-state index < -0.39 is 43.0 Å². The molecule has 0 bridgehead atoms. The van der Waals surface area contributed by atoms with Gasteiger partial charge in [0.2, 0.25) is 5.76 Å². The number of hydrogen-bond acceptors (Lipinski definition) is 6. The highest BCUT2D eigenvalue weighted by Gasteiger charge is 2.38. The van der Waals surface area contributed by atoms with Crippen molar-refractivity contribution in [2.75, 3.05) is 13.7 Å². The first kappa shape index (κ1) is 25.6. The number of fused-ring (bicyclic) bond motifs is 1. The molecule has 0 radical (unpaired) electrons. The van der Waals surface area contributed by atoms with E-state index in [1.807, 2.05) is 19.6 Å². The maximum Gasteiger partial charge on any atom is 0.293 e. The molecule has 1 aromatic carbocycles. The third-order valence-electron chi connectivity index (χ3n) is 6.09. The van der Waals surface area contributed by atoms with E-state index in [2.05, 4.69) is 10.1 Å². The van der Waals surface area contributed by atoms with E-state index >= 15 is 0 Å². The lowest BCUT2D eigenvalue weighted by atomic mass is 9.90. The number of carbonyl (C=O) groups is 2. The Hall–Kier alpha value is -3.44. The van der Waals surface area contributed by atoms with Crippen molar-refractivity contribution in [1.29, 1.82) is 0 Å². The van der Waals surface area contributed by atoms with Gasteiger partial charge in [0, 0.05) is 42.9 Å². The Kier molecular flexibility index (Phi) is 7.05. The first-order chi connectivity index (χ1) is 17.0. The fraction of sp³-hybridized carbons (Fsp3) is 0.360. The molecular formula is C25H27F2N3O5Si. The fourth-order valence-electron chi connectivity index (χ4n) is 4.60. The van der Waals surface area contributed by atoms with Crippen molar-refractivity contribution in [3.8, 4) is 0 Å². The van der Waals surface area contributed by atoms with Crippen LogP contribution in [0.2, 0.25) is 19.6 Å². The van der Waals surface area contributed by atoms with Gasteiger partial charge in [-0.1, -0.05) is 25.7 Å². The van der Waals surface area contributed by atoms with Crippen LogP contribution in [0.1, 0.15) is 39.1 Å². The molecule has 1 aliphatic rings. The van der Waals surface area contributed by atoms with Gasteiger partial charge in [-0.05, 0) is 23.8 Å². The molecule has 0 saturated heterocycles. The van der Waals surface area contributed by atoms with Crippen LogP contribution >= 0.6 is 0 Å². The third kappa shape index (κ3) is 5.07. The summed E-state index contributed by atoms with van der Waals surface area (Å²) in [5.41, 5.74) is 1.41. The Morgan fingerprint density at radius 3 is 2.47 bits per heavy atom. The highest BCUT2D eigenvalue weighted by molar-refractivity contribution is 6.88. The number of Topliss-reactive ketones (excluding diaryl/α,β-unsaturated/α-hetero) is 1. The number of amides is 1. The van der Waals surface area contributed by atoms with Crippen LogP contribution in [0.5, 0.6) is 0 Å². The molecule has 0 unspecified atom stereocenters. The van der Waals surface area contributed by atoms with Crippen LogP contribution in [0.3, 0.4) is 0 Å². The van der Waals surface area contributed by atoms with Gasteiger partial charge in [-0.15, -0.1) is 0 Å². The number of nitrogens with one attached hydrogen (secondary N) is 1. The highest BCUT2D eigenvalue weighted by Crippen LogP contribution is 2.32. The predicted octanol–water partition coefficient (Wildman–Crippen LogP) is 2.88. The summed E-state index contributed by atoms with van der Waals surface area (Å²) in [6.45, 7) is 5.94. The van der Waals surface area contributed by atoms with E-state index in [9.17, 15) is 23.2 Å². The molecule has 2 aromatic heterocycles. The number of ether oxygens (including phenoxy) is 1. The number of pyridine rings is 1. The Labute approximate surface area is 207 Å². The van der Waals surface area contributed by atoms with E-state index in [1.54, 1.807) is 19.2 Å². The first-order valence-electron chi connectivity index (χ1n) is 11.5. The molecule has 0 saturated carbocycles. The fourth-order valence-corrected chi connectivity index (χ4v) is 6.17. The number of nitrogens with zero attached hydrogens (tertiary/aromatic N) is 2. The molecule has 1 aliphatic heterocycles. The minimum Gasteiger partial charge on any atom is -0.378 e. The van der Waals surface area contributed by atoms with Crippen LogP contribution in [0, 0.1) is 11.6 Å². The Bertz CT molecular complexity index is 1360. The van der Waals surface area contributed by atoms with Gasteiger partial charge in [-0.3, -0.25) is 19.4 Å². The zero-order valence-electron chi connectivity index (χ0n) is 20.5. The maximum absolute atomic E-state index is 14.8. The van der Waals surface area contributed by atoms with E-state index in [4.69, 9.17) is 9.26 Å². The van der Waals surface area contributed by atoms with E-state index in [-0.39, 0.29) is 36.1 Å². The zero-order valence-corrected chi connectivity index (χ0v) is 21.5. The number of H-pyrrole nitrogens is 1. The maximum atomic E-state index is 14.8. The van der Waals surface area contributed by atoms with Gasteiger partial charge in [0.05, 0.1) is 26.4 Å².